The third kappa shape index (κ3) is 2.54. The zero-order valence-corrected chi connectivity index (χ0v) is 9.16. The lowest BCUT2D eigenvalue weighted by Crippen LogP contribution is -2.48. The Balaban J connectivity index is 2.94. The predicted molar refractivity (Wildman–Crippen MR) is 59.7 cm³/mol. The second kappa shape index (κ2) is 4.41. The van der Waals surface area contributed by atoms with Gasteiger partial charge in [0.05, 0.1) is 12.1 Å². The molecule has 0 fully saturated rings. The average Bonchev–Trinajstić information content (AvgIpc) is 2.13. The van der Waals surface area contributed by atoms with Crippen LogP contribution < -0.4 is 0 Å². The molecule has 0 aliphatic heterocycles. The first-order chi connectivity index (χ1) is 6.99. The molecule has 15 heavy (non-hydrogen) atoms. The maximum atomic E-state index is 11.0. The molecule has 1 N–H and O–H groups in total. The zero-order chi connectivity index (χ0) is 11.5. The lowest BCUT2D eigenvalue weighted by Gasteiger charge is -2.37. The highest BCUT2D eigenvalue weighted by atomic mass is 35.5. The molecule has 1 rings (SSSR count). The summed E-state index contributed by atoms with van der Waals surface area (Å²) in [5.41, 5.74) is -0.649. The number of halogens is 1. The molecule has 1 amide bonds. The van der Waals surface area contributed by atoms with Gasteiger partial charge in [-0.2, -0.15) is 0 Å². The van der Waals surface area contributed by atoms with Gasteiger partial charge in [-0.15, -0.1) is 6.42 Å². The molecule has 0 spiro atoms. The number of nitrogens with zero attached hydrogens (tertiary/aromatic N) is 1. The third-order valence-electron chi connectivity index (χ3n) is 2.36. The van der Waals surface area contributed by atoms with Gasteiger partial charge in [-0.3, -0.25) is 4.90 Å². The maximum absolute atomic E-state index is 11.0. The molecule has 0 saturated carbocycles. The normalized spacial score (nSPS) is 24.2. The monoisotopic (exact) mass is 225 g/mol. The van der Waals surface area contributed by atoms with Gasteiger partial charge in [0, 0.05) is 11.5 Å². The van der Waals surface area contributed by atoms with E-state index in [0.29, 0.717) is 11.5 Å². The molecule has 0 aromatic heterocycles. The number of carbonyl (C=O) groups is 1. The fourth-order valence-electron chi connectivity index (χ4n) is 1.56. The average molecular weight is 226 g/mol. The number of amides is 1. The van der Waals surface area contributed by atoms with Gasteiger partial charge in [0.25, 0.3) is 0 Å². The van der Waals surface area contributed by atoms with Crippen molar-refractivity contribution in [2.24, 2.45) is 0 Å². The van der Waals surface area contributed by atoms with E-state index in [2.05, 4.69) is 5.92 Å². The van der Waals surface area contributed by atoms with Gasteiger partial charge < -0.3 is 5.11 Å². The molecular weight excluding hydrogens is 214 g/mol. The summed E-state index contributed by atoms with van der Waals surface area (Å²) in [5.74, 6) is 2.34. The summed E-state index contributed by atoms with van der Waals surface area (Å²) in [6.07, 6.45) is 9.86. The number of hydrogen-bond acceptors (Lipinski definition) is 1. The fourth-order valence-corrected chi connectivity index (χ4v) is 1.91. The first-order valence-corrected chi connectivity index (χ1v) is 4.85. The van der Waals surface area contributed by atoms with Gasteiger partial charge in [0.15, 0.2) is 0 Å². The topological polar surface area (TPSA) is 40.5 Å². The second-order valence-corrected chi connectivity index (χ2v) is 4.06. The molecular formula is C11H12ClNO2. The van der Waals surface area contributed by atoms with E-state index in [0.717, 1.165) is 0 Å². The molecule has 1 aliphatic rings. The summed E-state index contributed by atoms with van der Waals surface area (Å²) >= 11 is 5.89. The van der Waals surface area contributed by atoms with E-state index in [9.17, 15) is 4.79 Å². The number of terminal acetylenes is 1. The van der Waals surface area contributed by atoms with Crippen LogP contribution in [0.4, 0.5) is 4.79 Å². The standard InChI is InChI=1S/C11H12ClNO2/c1-3-7-13(10(14)15)11(2)6-4-5-9(12)8-11/h1,4-6H,7-8H2,2H3,(H,14,15). The van der Waals surface area contributed by atoms with Crippen molar-refractivity contribution in [1.29, 1.82) is 0 Å². The van der Waals surface area contributed by atoms with Crippen LogP contribution in [0.15, 0.2) is 23.3 Å². The number of carboxylic acid groups (broad SMARTS) is 1. The summed E-state index contributed by atoms with van der Waals surface area (Å²) in [6, 6.07) is 0. The van der Waals surface area contributed by atoms with Crippen molar-refractivity contribution in [1.82, 2.24) is 4.90 Å². The highest BCUT2D eigenvalue weighted by Crippen LogP contribution is 2.30. The third-order valence-corrected chi connectivity index (χ3v) is 2.62. The zero-order valence-electron chi connectivity index (χ0n) is 8.40. The molecule has 0 bridgehead atoms. The molecule has 0 aromatic rings. The van der Waals surface area contributed by atoms with E-state index in [-0.39, 0.29) is 6.54 Å². The Kier molecular flexibility index (Phi) is 3.43. The van der Waals surface area contributed by atoms with Crippen molar-refractivity contribution < 1.29 is 9.90 Å². The van der Waals surface area contributed by atoms with Crippen molar-refractivity contribution in [2.75, 3.05) is 6.54 Å². The summed E-state index contributed by atoms with van der Waals surface area (Å²) in [5, 5.41) is 9.67. The predicted octanol–water partition coefficient (Wildman–Crippen LogP) is 2.44. The van der Waals surface area contributed by atoms with Gasteiger partial charge in [-0.05, 0) is 13.0 Å². The van der Waals surface area contributed by atoms with Crippen LogP contribution >= 0.6 is 11.6 Å². The van der Waals surface area contributed by atoms with Gasteiger partial charge in [0.2, 0.25) is 0 Å². The minimum atomic E-state index is -1.04. The summed E-state index contributed by atoms with van der Waals surface area (Å²) in [6.45, 7) is 1.85. The summed E-state index contributed by atoms with van der Waals surface area (Å²) < 4.78 is 0. The smallest absolute Gasteiger partial charge is 0.408 e. The van der Waals surface area contributed by atoms with E-state index >= 15 is 0 Å². The van der Waals surface area contributed by atoms with Crippen molar-refractivity contribution in [3.05, 3.63) is 23.3 Å². The van der Waals surface area contributed by atoms with Crippen molar-refractivity contribution in [3.8, 4) is 12.3 Å². The van der Waals surface area contributed by atoms with Crippen LogP contribution in [0.5, 0.6) is 0 Å². The van der Waals surface area contributed by atoms with Crippen LogP contribution in [-0.4, -0.2) is 28.2 Å². The Morgan fingerprint density at radius 2 is 2.53 bits per heavy atom. The molecule has 80 valence electrons. The largest absolute Gasteiger partial charge is 0.465 e. The van der Waals surface area contributed by atoms with Crippen LogP contribution in [0, 0.1) is 12.3 Å². The highest BCUT2D eigenvalue weighted by molar-refractivity contribution is 6.29. The van der Waals surface area contributed by atoms with Crippen LogP contribution in [0.25, 0.3) is 0 Å². The van der Waals surface area contributed by atoms with Crippen molar-refractivity contribution in [2.45, 2.75) is 18.9 Å². The molecule has 1 atom stereocenters. The Bertz CT molecular complexity index is 367. The van der Waals surface area contributed by atoms with Gasteiger partial charge >= 0.3 is 6.09 Å². The van der Waals surface area contributed by atoms with E-state index in [4.69, 9.17) is 23.1 Å². The van der Waals surface area contributed by atoms with Crippen molar-refractivity contribution >= 4 is 17.7 Å². The Morgan fingerprint density at radius 1 is 1.87 bits per heavy atom. The van der Waals surface area contributed by atoms with Crippen molar-refractivity contribution in [3.63, 3.8) is 0 Å². The van der Waals surface area contributed by atoms with Gasteiger partial charge in [-0.25, -0.2) is 4.79 Å². The van der Waals surface area contributed by atoms with Crippen LogP contribution in [0.2, 0.25) is 0 Å². The number of hydrogen-bond donors (Lipinski definition) is 1. The Labute approximate surface area is 94.0 Å². The Hall–Kier alpha value is -1.40. The molecule has 1 aliphatic carbocycles. The quantitative estimate of drug-likeness (QED) is 0.734. The lowest BCUT2D eigenvalue weighted by atomic mass is 9.91. The van der Waals surface area contributed by atoms with E-state index in [1.807, 2.05) is 0 Å². The van der Waals surface area contributed by atoms with Gasteiger partial charge in [0.1, 0.15) is 0 Å². The molecule has 4 heteroatoms. The lowest BCUT2D eigenvalue weighted by molar-refractivity contribution is 0.113. The molecule has 3 nitrogen and oxygen atoms in total. The minimum absolute atomic E-state index is 0.0559. The molecule has 0 radical (unpaired) electrons. The molecule has 0 heterocycles. The SMILES string of the molecule is C#CCN(C(=O)O)C1(C)C=CC=C(Cl)C1. The van der Waals surface area contributed by atoms with Crippen LogP contribution in [0.3, 0.4) is 0 Å². The van der Waals surface area contributed by atoms with E-state index in [1.165, 1.54) is 4.90 Å². The van der Waals surface area contributed by atoms with Crippen LogP contribution in [0.1, 0.15) is 13.3 Å². The van der Waals surface area contributed by atoms with Crippen LogP contribution in [-0.2, 0) is 0 Å². The second-order valence-electron chi connectivity index (χ2n) is 3.58. The first kappa shape index (κ1) is 11.7. The summed E-state index contributed by atoms with van der Waals surface area (Å²) in [7, 11) is 0. The van der Waals surface area contributed by atoms with E-state index < -0.39 is 11.6 Å². The molecule has 0 saturated heterocycles. The number of rotatable bonds is 2. The van der Waals surface area contributed by atoms with Gasteiger partial charge in [-0.1, -0.05) is 29.7 Å². The summed E-state index contributed by atoms with van der Waals surface area (Å²) in [4.78, 5) is 12.2. The number of allylic oxidation sites excluding steroid dienone is 2. The first-order valence-electron chi connectivity index (χ1n) is 4.47. The molecule has 1 unspecified atom stereocenters. The maximum Gasteiger partial charge on any atom is 0.408 e. The van der Waals surface area contributed by atoms with E-state index in [1.54, 1.807) is 25.2 Å². The molecule has 0 aromatic carbocycles. The Morgan fingerprint density at radius 3 is 3.00 bits per heavy atom. The highest BCUT2D eigenvalue weighted by Gasteiger charge is 2.34. The fraction of sp³-hybridized carbons (Fsp3) is 0.364. The minimum Gasteiger partial charge on any atom is -0.465 e.